The molecule has 14 heavy (non-hydrogen) atoms. The van der Waals surface area contributed by atoms with Gasteiger partial charge in [0.15, 0.2) is 0 Å². The molecule has 1 aromatic carbocycles. The molecule has 2 heteroatoms. The molecule has 0 aliphatic carbocycles. The predicted octanol–water partition coefficient (Wildman–Crippen LogP) is 2.42. The molecule has 1 unspecified atom stereocenters. The lowest BCUT2D eigenvalue weighted by molar-refractivity contribution is -0.133. The van der Waals surface area contributed by atoms with Crippen LogP contribution in [0.2, 0.25) is 0 Å². The number of ether oxygens (including phenoxy) is 2. The molecule has 1 aliphatic rings. The first-order valence-corrected chi connectivity index (χ1v) is 4.99. The number of hydrogen-bond acceptors (Lipinski definition) is 2. The maximum atomic E-state index is 5.57. The summed E-state index contributed by atoms with van der Waals surface area (Å²) < 4.78 is 10.9. The highest BCUT2D eigenvalue weighted by Gasteiger charge is 2.33. The first-order valence-electron chi connectivity index (χ1n) is 4.99. The largest absolute Gasteiger partial charge is 0.496 e. The molecule has 1 fully saturated rings. The van der Waals surface area contributed by atoms with Gasteiger partial charge in [-0.3, -0.25) is 0 Å². The molecule has 1 aromatic rings. The molecular formula is C12H16O2. The van der Waals surface area contributed by atoms with Gasteiger partial charge in [-0.25, -0.2) is 0 Å². The second-order valence-corrected chi connectivity index (χ2v) is 4.04. The summed E-state index contributed by atoms with van der Waals surface area (Å²) in [6.45, 7) is 3.05. The van der Waals surface area contributed by atoms with Crippen molar-refractivity contribution in [1.82, 2.24) is 0 Å². The minimum atomic E-state index is 0.0363. The fourth-order valence-corrected chi connectivity index (χ4v) is 1.84. The van der Waals surface area contributed by atoms with Crippen LogP contribution in [0.1, 0.15) is 18.9 Å². The third-order valence-electron chi connectivity index (χ3n) is 2.84. The molecule has 0 N–H and O–H groups in total. The van der Waals surface area contributed by atoms with Gasteiger partial charge in [0.2, 0.25) is 0 Å². The third kappa shape index (κ3) is 1.75. The van der Waals surface area contributed by atoms with E-state index in [0.29, 0.717) is 0 Å². The Morgan fingerprint density at radius 2 is 2.14 bits per heavy atom. The molecule has 1 aliphatic heterocycles. The van der Waals surface area contributed by atoms with Crippen LogP contribution in [0.25, 0.3) is 0 Å². The average molecular weight is 192 g/mol. The van der Waals surface area contributed by atoms with Crippen LogP contribution in [0.3, 0.4) is 0 Å². The molecule has 0 bridgehead atoms. The second-order valence-electron chi connectivity index (χ2n) is 4.04. The van der Waals surface area contributed by atoms with E-state index in [2.05, 4.69) is 13.0 Å². The Morgan fingerprint density at radius 1 is 1.43 bits per heavy atom. The van der Waals surface area contributed by atoms with Gasteiger partial charge in [-0.1, -0.05) is 18.2 Å². The van der Waals surface area contributed by atoms with Gasteiger partial charge in [-0.15, -0.1) is 0 Å². The van der Waals surface area contributed by atoms with Crippen molar-refractivity contribution in [2.24, 2.45) is 0 Å². The first-order chi connectivity index (χ1) is 6.73. The average Bonchev–Trinajstić information content (AvgIpc) is 2.16. The molecule has 0 aromatic heterocycles. The Labute approximate surface area is 84.8 Å². The monoisotopic (exact) mass is 192 g/mol. The smallest absolute Gasteiger partial charge is 0.122 e. The van der Waals surface area contributed by atoms with E-state index >= 15 is 0 Å². The third-order valence-corrected chi connectivity index (χ3v) is 2.84. The summed E-state index contributed by atoms with van der Waals surface area (Å²) in [6, 6.07) is 8.13. The molecular weight excluding hydrogens is 176 g/mol. The SMILES string of the molecule is COc1ccccc1CC1(C)CCO1. The van der Waals surface area contributed by atoms with E-state index in [4.69, 9.17) is 9.47 Å². The van der Waals surface area contributed by atoms with Gasteiger partial charge in [-0.05, 0) is 25.0 Å². The van der Waals surface area contributed by atoms with E-state index < -0.39 is 0 Å². The minimum Gasteiger partial charge on any atom is -0.496 e. The number of para-hydroxylation sites is 1. The quantitative estimate of drug-likeness (QED) is 0.732. The van der Waals surface area contributed by atoms with E-state index in [1.807, 2.05) is 18.2 Å². The van der Waals surface area contributed by atoms with Crippen LogP contribution in [0, 0.1) is 0 Å². The fraction of sp³-hybridized carbons (Fsp3) is 0.500. The number of rotatable bonds is 3. The standard InChI is InChI=1S/C12H16O2/c1-12(7-8-14-12)9-10-5-3-4-6-11(10)13-2/h3-6H,7-9H2,1-2H3. The normalized spacial score (nSPS) is 25.6. The molecule has 0 amide bonds. The number of benzene rings is 1. The van der Waals surface area contributed by atoms with Gasteiger partial charge >= 0.3 is 0 Å². The zero-order chi connectivity index (χ0) is 10.0. The second kappa shape index (κ2) is 3.62. The molecule has 1 saturated heterocycles. The Kier molecular flexibility index (Phi) is 2.46. The van der Waals surface area contributed by atoms with Crippen LogP contribution in [0.15, 0.2) is 24.3 Å². The molecule has 1 heterocycles. The van der Waals surface area contributed by atoms with Crippen LogP contribution in [0.5, 0.6) is 5.75 Å². The predicted molar refractivity (Wildman–Crippen MR) is 55.7 cm³/mol. The molecule has 0 spiro atoms. The maximum Gasteiger partial charge on any atom is 0.122 e. The lowest BCUT2D eigenvalue weighted by Gasteiger charge is -2.39. The summed E-state index contributed by atoms with van der Waals surface area (Å²) in [6.07, 6.45) is 2.09. The van der Waals surface area contributed by atoms with E-state index in [9.17, 15) is 0 Å². The van der Waals surface area contributed by atoms with Crippen LogP contribution in [-0.2, 0) is 11.2 Å². The number of hydrogen-bond donors (Lipinski definition) is 0. The van der Waals surface area contributed by atoms with Crippen LogP contribution in [-0.4, -0.2) is 19.3 Å². The van der Waals surface area contributed by atoms with Crippen molar-refractivity contribution in [3.05, 3.63) is 29.8 Å². The van der Waals surface area contributed by atoms with Crippen LogP contribution >= 0.6 is 0 Å². The van der Waals surface area contributed by atoms with E-state index in [0.717, 1.165) is 25.2 Å². The highest BCUT2D eigenvalue weighted by atomic mass is 16.5. The lowest BCUT2D eigenvalue weighted by atomic mass is 9.89. The van der Waals surface area contributed by atoms with E-state index in [1.165, 1.54) is 5.56 Å². The molecule has 0 radical (unpaired) electrons. The van der Waals surface area contributed by atoms with Gasteiger partial charge in [0.25, 0.3) is 0 Å². The zero-order valence-corrected chi connectivity index (χ0v) is 8.75. The highest BCUT2D eigenvalue weighted by Crippen LogP contribution is 2.32. The van der Waals surface area contributed by atoms with Crippen molar-refractivity contribution in [3.8, 4) is 5.75 Å². The molecule has 2 nitrogen and oxygen atoms in total. The van der Waals surface area contributed by atoms with Crippen LogP contribution < -0.4 is 4.74 Å². The summed E-state index contributed by atoms with van der Waals surface area (Å²) in [4.78, 5) is 0. The van der Waals surface area contributed by atoms with Crippen molar-refractivity contribution >= 4 is 0 Å². The zero-order valence-electron chi connectivity index (χ0n) is 8.75. The Hall–Kier alpha value is -1.02. The van der Waals surface area contributed by atoms with Gasteiger partial charge in [0, 0.05) is 6.42 Å². The van der Waals surface area contributed by atoms with Crippen molar-refractivity contribution in [3.63, 3.8) is 0 Å². The van der Waals surface area contributed by atoms with Gasteiger partial charge in [-0.2, -0.15) is 0 Å². The van der Waals surface area contributed by atoms with Crippen LogP contribution in [0.4, 0.5) is 0 Å². The van der Waals surface area contributed by atoms with Crippen molar-refractivity contribution in [2.75, 3.05) is 13.7 Å². The Morgan fingerprint density at radius 3 is 2.71 bits per heavy atom. The van der Waals surface area contributed by atoms with Gasteiger partial charge in [0.05, 0.1) is 19.3 Å². The topological polar surface area (TPSA) is 18.5 Å². The van der Waals surface area contributed by atoms with Gasteiger partial charge in [0.1, 0.15) is 5.75 Å². The Balaban J connectivity index is 2.15. The van der Waals surface area contributed by atoms with Crippen molar-refractivity contribution in [1.29, 1.82) is 0 Å². The fourth-order valence-electron chi connectivity index (χ4n) is 1.84. The summed E-state index contributed by atoms with van der Waals surface area (Å²) in [7, 11) is 1.71. The summed E-state index contributed by atoms with van der Waals surface area (Å²) in [5.41, 5.74) is 1.27. The molecule has 76 valence electrons. The molecule has 2 rings (SSSR count). The van der Waals surface area contributed by atoms with Crippen molar-refractivity contribution < 1.29 is 9.47 Å². The summed E-state index contributed by atoms with van der Waals surface area (Å²) in [5.74, 6) is 0.962. The summed E-state index contributed by atoms with van der Waals surface area (Å²) in [5, 5.41) is 0. The summed E-state index contributed by atoms with van der Waals surface area (Å²) >= 11 is 0. The molecule has 0 saturated carbocycles. The lowest BCUT2D eigenvalue weighted by Crippen LogP contribution is -2.42. The molecule has 1 atom stereocenters. The minimum absolute atomic E-state index is 0.0363. The highest BCUT2D eigenvalue weighted by molar-refractivity contribution is 5.34. The van der Waals surface area contributed by atoms with Crippen molar-refractivity contribution in [2.45, 2.75) is 25.4 Å². The number of methoxy groups -OCH3 is 1. The first kappa shape index (κ1) is 9.53. The van der Waals surface area contributed by atoms with E-state index in [1.54, 1.807) is 7.11 Å². The van der Waals surface area contributed by atoms with Gasteiger partial charge < -0.3 is 9.47 Å². The van der Waals surface area contributed by atoms with E-state index in [-0.39, 0.29) is 5.60 Å². The maximum absolute atomic E-state index is 5.57. The Bertz CT molecular complexity index is 316.